The predicted octanol–water partition coefficient (Wildman–Crippen LogP) is 2.45. The van der Waals surface area contributed by atoms with Crippen LogP contribution in [0, 0.1) is 0 Å². The number of pyridine rings is 1. The van der Waals surface area contributed by atoms with Crippen molar-refractivity contribution >= 4 is 23.3 Å². The summed E-state index contributed by atoms with van der Waals surface area (Å²) in [5.41, 5.74) is 1.76. The van der Waals surface area contributed by atoms with Crippen LogP contribution < -0.4 is 4.74 Å². The van der Waals surface area contributed by atoms with E-state index in [-0.39, 0.29) is 11.4 Å². The van der Waals surface area contributed by atoms with Crippen LogP contribution in [-0.2, 0) is 16.0 Å². The summed E-state index contributed by atoms with van der Waals surface area (Å²) in [6.45, 7) is 1.61. The smallest absolute Gasteiger partial charge is 0.343 e. The zero-order valence-electron chi connectivity index (χ0n) is 10.7. The van der Waals surface area contributed by atoms with Crippen molar-refractivity contribution in [2.75, 3.05) is 6.61 Å². The number of esters is 2. The van der Waals surface area contributed by atoms with Crippen molar-refractivity contribution in [2.24, 2.45) is 0 Å². The Kier molecular flexibility index (Phi) is 3.23. The second-order valence-electron chi connectivity index (χ2n) is 4.30. The summed E-state index contributed by atoms with van der Waals surface area (Å²) in [5, 5.41) is 1.94. The molecular formula is C14H11NO4S. The standard InChI is InChI=1S/C14H11NO4S/c1-8(16)19-13-12-9(4-5-18-14(12)17)7-10(15-13)11-3-2-6-20-11/h2-3,6-7H,4-5H2,1H3. The van der Waals surface area contributed by atoms with Crippen LogP contribution in [0.5, 0.6) is 5.88 Å². The van der Waals surface area contributed by atoms with Gasteiger partial charge in [-0.15, -0.1) is 11.3 Å². The Labute approximate surface area is 119 Å². The topological polar surface area (TPSA) is 65.5 Å². The average molecular weight is 289 g/mol. The van der Waals surface area contributed by atoms with E-state index in [0.717, 1.165) is 10.4 Å². The number of carbonyl (C=O) groups excluding carboxylic acids is 2. The third kappa shape index (κ3) is 2.30. The second-order valence-corrected chi connectivity index (χ2v) is 5.25. The molecule has 6 heteroatoms. The molecule has 0 atom stereocenters. The summed E-state index contributed by atoms with van der Waals surface area (Å²) >= 11 is 1.54. The Balaban J connectivity index is 2.16. The van der Waals surface area contributed by atoms with Gasteiger partial charge in [-0.05, 0) is 23.1 Å². The van der Waals surface area contributed by atoms with Gasteiger partial charge in [-0.3, -0.25) is 4.79 Å². The first-order chi connectivity index (χ1) is 9.65. The monoisotopic (exact) mass is 289 g/mol. The molecule has 0 saturated carbocycles. The molecule has 0 fully saturated rings. The lowest BCUT2D eigenvalue weighted by atomic mass is 10.0. The highest BCUT2D eigenvalue weighted by atomic mass is 32.1. The zero-order chi connectivity index (χ0) is 14.1. The van der Waals surface area contributed by atoms with Crippen LogP contribution in [0.4, 0.5) is 0 Å². The van der Waals surface area contributed by atoms with Crippen molar-refractivity contribution in [1.29, 1.82) is 0 Å². The number of fused-ring (bicyclic) bond motifs is 1. The number of cyclic esters (lactones) is 1. The fourth-order valence-electron chi connectivity index (χ4n) is 2.07. The predicted molar refractivity (Wildman–Crippen MR) is 72.8 cm³/mol. The molecule has 0 aliphatic carbocycles. The number of ether oxygens (including phenoxy) is 2. The van der Waals surface area contributed by atoms with Gasteiger partial charge in [0.1, 0.15) is 5.56 Å². The number of hydrogen-bond acceptors (Lipinski definition) is 6. The van der Waals surface area contributed by atoms with E-state index in [9.17, 15) is 9.59 Å². The minimum Gasteiger partial charge on any atom is -0.462 e. The van der Waals surface area contributed by atoms with Crippen LogP contribution in [0.3, 0.4) is 0 Å². The molecule has 0 saturated heterocycles. The highest BCUT2D eigenvalue weighted by Crippen LogP contribution is 2.32. The van der Waals surface area contributed by atoms with E-state index in [1.165, 1.54) is 18.3 Å². The van der Waals surface area contributed by atoms with Crippen molar-refractivity contribution in [1.82, 2.24) is 4.98 Å². The Hall–Kier alpha value is -2.21. The largest absolute Gasteiger partial charge is 0.462 e. The summed E-state index contributed by atoms with van der Waals surface area (Å²) in [6.07, 6.45) is 0.593. The molecule has 0 N–H and O–H groups in total. The second kappa shape index (κ2) is 5.05. The van der Waals surface area contributed by atoms with Gasteiger partial charge in [-0.1, -0.05) is 6.07 Å². The zero-order valence-corrected chi connectivity index (χ0v) is 11.5. The van der Waals surface area contributed by atoms with Crippen molar-refractivity contribution in [3.63, 3.8) is 0 Å². The first-order valence-electron chi connectivity index (χ1n) is 6.08. The molecule has 1 aliphatic heterocycles. The van der Waals surface area contributed by atoms with Crippen LogP contribution in [0.2, 0.25) is 0 Å². The summed E-state index contributed by atoms with van der Waals surface area (Å²) in [5.74, 6) is -0.975. The van der Waals surface area contributed by atoms with Gasteiger partial charge in [0.2, 0.25) is 5.88 Å². The van der Waals surface area contributed by atoms with Gasteiger partial charge in [0, 0.05) is 13.3 Å². The lowest BCUT2D eigenvalue weighted by molar-refractivity contribution is -0.132. The molecule has 0 spiro atoms. The number of thiophene rings is 1. The summed E-state index contributed by atoms with van der Waals surface area (Å²) < 4.78 is 10.1. The number of hydrogen-bond donors (Lipinski definition) is 0. The molecule has 102 valence electrons. The normalized spacial score (nSPS) is 13.6. The highest BCUT2D eigenvalue weighted by Gasteiger charge is 2.27. The molecule has 0 bridgehead atoms. The van der Waals surface area contributed by atoms with Crippen molar-refractivity contribution in [3.8, 4) is 16.5 Å². The van der Waals surface area contributed by atoms with Crippen molar-refractivity contribution in [3.05, 3.63) is 34.7 Å². The molecule has 3 heterocycles. The van der Waals surface area contributed by atoms with Gasteiger partial charge in [-0.25, -0.2) is 9.78 Å². The van der Waals surface area contributed by atoms with Gasteiger partial charge in [-0.2, -0.15) is 0 Å². The Morgan fingerprint density at radius 1 is 1.50 bits per heavy atom. The maximum atomic E-state index is 11.8. The molecule has 20 heavy (non-hydrogen) atoms. The average Bonchev–Trinajstić information content (AvgIpc) is 2.91. The summed E-state index contributed by atoms with van der Waals surface area (Å²) in [6, 6.07) is 5.70. The minimum atomic E-state index is -0.513. The number of rotatable bonds is 2. The lowest BCUT2D eigenvalue weighted by Crippen LogP contribution is -2.21. The van der Waals surface area contributed by atoms with E-state index in [0.29, 0.717) is 18.7 Å². The van der Waals surface area contributed by atoms with Gasteiger partial charge in [0.05, 0.1) is 17.2 Å². The van der Waals surface area contributed by atoms with Crippen LogP contribution >= 0.6 is 11.3 Å². The molecule has 2 aromatic rings. The van der Waals surface area contributed by atoms with Gasteiger partial charge in [0.15, 0.2) is 0 Å². The molecule has 0 amide bonds. The summed E-state index contributed by atoms with van der Waals surface area (Å²) in [7, 11) is 0. The molecule has 2 aromatic heterocycles. The maximum Gasteiger partial charge on any atom is 0.343 e. The van der Waals surface area contributed by atoms with E-state index in [1.54, 1.807) is 0 Å². The van der Waals surface area contributed by atoms with Gasteiger partial charge in [0.25, 0.3) is 0 Å². The first kappa shape index (κ1) is 12.8. The number of nitrogens with zero attached hydrogens (tertiary/aromatic N) is 1. The van der Waals surface area contributed by atoms with E-state index in [2.05, 4.69) is 4.98 Å². The lowest BCUT2D eigenvalue weighted by Gasteiger charge is -2.18. The van der Waals surface area contributed by atoms with Crippen molar-refractivity contribution in [2.45, 2.75) is 13.3 Å². The number of aromatic nitrogens is 1. The van der Waals surface area contributed by atoms with E-state index in [4.69, 9.17) is 9.47 Å². The van der Waals surface area contributed by atoms with Gasteiger partial charge >= 0.3 is 11.9 Å². The maximum absolute atomic E-state index is 11.8. The molecule has 0 unspecified atom stereocenters. The van der Waals surface area contributed by atoms with E-state index in [1.807, 2.05) is 23.6 Å². The van der Waals surface area contributed by atoms with Crippen LogP contribution in [-0.4, -0.2) is 23.5 Å². The SMILES string of the molecule is CC(=O)Oc1nc(-c2cccs2)cc2c1C(=O)OCC2. The minimum absolute atomic E-state index is 0.0306. The third-order valence-electron chi connectivity index (χ3n) is 2.89. The highest BCUT2D eigenvalue weighted by molar-refractivity contribution is 7.13. The van der Waals surface area contributed by atoms with E-state index >= 15 is 0 Å². The number of carbonyl (C=O) groups is 2. The Morgan fingerprint density at radius 2 is 2.35 bits per heavy atom. The van der Waals surface area contributed by atoms with Crippen LogP contribution in [0.25, 0.3) is 10.6 Å². The fourth-order valence-corrected chi connectivity index (χ4v) is 2.76. The quantitative estimate of drug-likeness (QED) is 0.794. The molecular weight excluding hydrogens is 278 g/mol. The third-order valence-corrected chi connectivity index (χ3v) is 3.78. The van der Waals surface area contributed by atoms with Crippen LogP contribution in [0.15, 0.2) is 23.6 Å². The fraction of sp³-hybridized carbons (Fsp3) is 0.214. The van der Waals surface area contributed by atoms with Gasteiger partial charge < -0.3 is 9.47 Å². The first-order valence-corrected chi connectivity index (χ1v) is 6.96. The Morgan fingerprint density at radius 3 is 3.05 bits per heavy atom. The molecule has 5 nitrogen and oxygen atoms in total. The summed E-state index contributed by atoms with van der Waals surface area (Å²) in [4.78, 5) is 28.3. The van der Waals surface area contributed by atoms with Crippen LogP contribution in [0.1, 0.15) is 22.8 Å². The molecule has 0 aromatic carbocycles. The Bertz CT molecular complexity index is 679. The van der Waals surface area contributed by atoms with Crippen molar-refractivity contribution < 1.29 is 19.1 Å². The van der Waals surface area contributed by atoms with E-state index < -0.39 is 11.9 Å². The molecule has 0 radical (unpaired) electrons. The molecule has 3 rings (SSSR count). The molecule has 1 aliphatic rings.